The first-order valence-corrected chi connectivity index (χ1v) is 10.6. The van der Waals surface area contributed by atoms with E-state index >= 15 is 0 Å². The van der Waals surface area contributed by atoms with E-state index in [1.807, 2.05) is 44.2 Å². The third-order valence-corrected chi connectivity index (χ3v) is 4.81. The molecule has 0 heterocycles. The molecule has 0 saturated carbocycles. The molecule has 33 heavy (non-hydrogen) atoms. The molecule has 0 N–H and O–H groups in total. The fraction of sp³-hybridized carbons (Fsp3) is 0.346. The molecule has 2 aromatic carbocycles. The minimum atomic E-state index is -0.485. The van der Waals surface area contributed by atoms with Crippen molar-refractivity contribution in [1.29, 1.82) is 0 Å². The van der Waals surface area contributed by atoms with Crippen LogP contribution in [0.3, 0.4) is 0 Å². The lowest BCUT2D eigenvalue weighted by Gasteiger charge is -2.24. The van der Waals surface area contributed by atoms with Crippen molar-refractivity contribution in [3.05, 3.63) is 53.6 Å². The van der Waals surface area contributed by atoms with Crippen LogP contribution < -0.4 is 18.9 Å². The van der Waals surface area contributed by atoms with E-state index in [1.54, 1.807) is 47.4 Å². The summed E-state index contributed by atoms with van der Waals surface area (Å²) >= 11 is 0. The predicted molar refractivity (Wildman–Crippen MR) is 131 cm³/mol. The van der Waals surface area contributed by atoms with Crippen molar-refractivity contribution in [3.8, 4) is 23.0 Å². The molecule has 7 nitrogen and oxygen atoms in total. The Balaban J connectivity index is 2.74. The summed E-state index contributed by atoms with van der Waals surface area (Å²) in [5, 5.41) is 0. The molecule has 7 heteroatoms. The molecule has 0 aliphatic rings. The maximum absolute atomic E-state index is 12.7. The van der Waals surface area contributed by atoms with Crippen LogP contribution in [-0.4, -0.2) is 52.1 Å². The van der Waals surface area contributed by atoms with E-state index < -0.39 is 6.09 Å². The van der Waals surface area contributed by atoms with Crippen LogP contribution >= 0.6 is 0 Å². The first-order valence-electron chi connectivity index (χ1n) is 10.6. The van der Waals surface area contributed by atoms with Gasteiger partial charge in [-0.25, -0.2) is 4.79 Å². The summed E-state index contributed by atoms with van der Waals surface area (Å²) in [6.07, 6.45) is 3.06. The van der Waals surface area contributed by atoms with Gasteiger partial charge in [-0.3, -0.25) is 4.90 Å². The van der Waals surface area contributed by atoms with E-state index in [0.29, 0.717) is 28.7 Å². The van der Waals surface area contributed by atoms with Gasteiger partial charge in [-0.2, -0.15) is 0 Å². The van der Waals surface area contributed by atoms with Crippen LogP contribution in [-0.2, 0) is 4.74 Å². The Labute approximate surface area is 196 Å². The highest BCUT2D eigenvalue weighted by Crippen LogP contribution is 2.37. The lowest BCUT2D eigenvalue weighted by molar-refractivity contribution is 0.131. The van der Waals surface area contributed by atoms with Crippen molar-refractivity contribution in [3.63, 3.8) is 0 Å². The Morgan fingerprint density at radius 3 is 2.18 bits per heavy atom. The van der Waals surface area contributed by atoms with Gasteiger partial charge in [0.1, 0.15) is 0 Å². The van der Waals surface area contributed by atoms with Gasteiger partial charge in [0.25, 0.3) is 0 Å². The number of hydrogen-bond donors (Lipinski definition) is 0. The monoisotopic (exact) mass is 455 g/mol. The number of benzene rings is 2. The summed E-state index contributed by atoms with van der Waals surface area (Å²) in [7, 11) is 6.39. The summed E-state index contributed by atoms with van der Waals surface area (Å²) in [4.78, 5) is 14.1. The first kappa shape index (κ1) is 25.6. The van der Waals surface area contributed by atoms with Crippen LogP contribution in [0.2, 0.25) is 0 Å². The van der Waals surface area contributed by atoms with Crippen molar-refractivity contribution >= 4 is 23.9 Å². The minimum absolute atomic E-state index is 0.0357. The molecule has 0 saturated heterocycles. The van der Waals surface area contributed by atoms with Gasteiger partial charge in [0.2, 0.25) is 0 Å². The maximum Gasteiger partial charge on any atom is 0.414 e. The molecule has 0 radical (unpaired) electrons. The highest BCUT2D eigenvalue weighted by molar-refractivity contribution is 5.92. The molecule has 0 aromatic heterocycles. The predicted octanol–water partition coefficient (Wildman–Crippen LogP) is 5.73. The van der Waals surface area contributed by atoms with Crippen LogP contribution in [0.5, 0.6) is 23.0 Å². The first-order chi connectivity index (χ1) is 15.8. The van der Waals surface area contributed by atoms with Crippen LogP contribution in [0.4, 0.5) is 4.79 Å². The molecule has 0 bridgehead atoms. The molecule has 0 atom stereocenters. The zero-order valence-electron chi connectivity index (χ0n) is 20.4. The lowest BCUT2D eigenvalue weighted by atomic mass is 10.00. The molecule has 2 rings (SSSR count). The standard InChI is InChI=1S/C26H33NO6/c1-9-19-15-25(33-17(3)4)24(31-8)16-20(19)21(27(5)26(28)32-10-2)13-18-11-12-22(29-6)23(14-18)30-7/h9,11-17H,1,10H2,2-8H3/b21-13-. The summed E-state index contributed by atoms with van der Waals surface area (Å²) in [5.74, 6) is 2.32. The highest BCUT2D eigenvalue weighted by Gasteiger charge is 2.21. The number of hydrogen-bond acceptors (Lipinski definition) is 6. The number of rotatable bonds is 10. The molecule has 178 valence electrons. The summed E-state index contributed by atoms with van der Waals surface area (Å²) < 4.78 is 27.5. The fourth-order valence-corrected chi connectivity index (χ4v) is 3.25. The maximum atomic E-state index is 12.7. The van der Waals surface area contributed by atoms with Gasteiger partial charge in [-0.15, -0.1) is 0 Å². The van der Waals surface area contributed by atoms with Gasteiger partial charge < -0.3 is 23.7 Å². The van der Waals surface area contributed by atoms with Crippen LogP contribution in [0, 0.1) is 0 Å². The van der Waals surface area contributed by atoms with Gasteiger partial charge >= 0.3 is 6.09 Å². The van der Waals surface area contributed by atoms with Gasteiger partial charge in [0.15, 0.2) is 23.0 Å². The summed E-state index contributed by atoms with van der Waals surface area (Å²) in [6.45, 7) is 9.86. The molecule has 0 unspecified atom stereocenters. The van der Waals surface area contributed by atoms with E-state index in [2.05, 4.69) is 6.58 Å². The molecule has 0 spiro atoms. The smallest absolute Gasteiger partial charge is 0.414 e. The number of nitrogens with zero attached hydrogens (tertiary/aromatic N) is 1. The molecule has 0 aliphatic heterocycles. The minimum Gasteiger partial charge on any atom is -0.493 e. The number of ether oxygens (including phenoxy) is 5. The second-order valence-corrected chi connectivity index (χ2v) is 7.36. The second kappa shape index (κ2) is 11.9. The molecule has 0 aliphatic carbocycles. The largest absolute Gasteiger partial charge is 0.493 e. The quantitative estimate of drug-likeness (QED) is 0.426. The Bertz CT molecular complexity index is 1010. The van der Waals surface area contributed by atoms with Crippen molar-refractivity contribution in [2.24, 2.45) is 0 Å². The average molecular weight is 456 g/mol. The van der Waals surface area contributed by atoms with Crippen molar-refractivity contribution < 1.29 is 28.5 Å². The lowest BCUT2D eigenvalue weighted by Crippen LogP contribution is -2.26. The summed E-state index contributed by atoms with van der Waals surface area (Å²) in [6, 6.07) is 9.20. The molecular weight excluding hydrogens is 422 g/mol. The van der Waals surface area contributed by atoms with Gasteiger partial charge in [-0.1, -0.05) is 18.7 Å². The van der Waals surface area contributed by atoms with Crippen molar-refractivity contribution in [2.45, 2.75) is 26.9 Å². The van der Waals surface area contributed by atoms with E-state index in [-0.39, 0.29) is 12.7 Å². The van der Waals surface area contributed by atoms with Gasteiger partial charge in [0, 0.05) is 12.6 Å². The fourth-order valence-electron chi connectivity index (χ4n) is 3.25. The molecule has 1 amide bonds. The van der Waals surface area contributed by atoms with Gasteiger partial charge in [0.05, 0.1) is 39.7 Å². The number of amides is 1. The summed E-state index contributed by atoms with van der Waals surface area (Å²) in [5.41, 5.74) is 2.89. The van der Waals surface area contributed by atoms with Crippen molar-refractivity contribution in [2.75, 3.05) is 35.0 Å². The zero-order chi connectivity index (χ0) is 24.5. The Kier molecular flexibility index (Phi) is 9.21. The Hall–Kier alpha value is -3.61. The Morgan fingerprint density at radius 2 is 1.64 bits per heavy atom. The Morgan fingerprint density at radius 1 is 1.00 bits per heavy atom. The van der Waals surface area contributed by atoms with Crippen LogP contribution in [0.1, 0.15) is 37.5 Å². The third-order valence-electron chi connectivity index (χ3n) is 4.81. The van der Waals surface area contributed by atoms with E-state index in [4.69, 9.17) is 23.7 Å². The van der Waals surface area contributed by atoms with Crippen LogP contribution in [0.15, 0.2) is 36.9 Å². The number of methoxy groups -OCH3 is 3. The van der Waals surface area contributed by atoms with E-state index in [9.17, 15) is 4.79 Å². The average Bonchev–Trinajstić information content (AvgIpc) is 2.81. The second-order valence-electron chi connectivity index (χ2n) is 7.36. The van der Waals surface area contributed by atoms with Crippen LogP contribution in [0.25, 0.3) is 17.8 Å². The third kappa shape index (κ3) is 6.22. The SMILES string of the molecule is C=Cc1cc(OC(C)C)c(OC)cc1/C(=C/c1ccc(OC)c(OC)c1)N(C)C(=O)OCC. The molecular formula is C26H33NO6. The van der Waals surface area contributed by atoms with Crippen molar-refractivity contribution in [1.82, 2.24) is 4.90 Å². The number of carbonyl (C=O) groups is 1. The molecule has 2 aromatic rings. The zero-order valence-corrected chi connectivity index (χ0v) is 20.4. The molecule has 0 fully saturated rings. The highest BCUT2D eigenvalue weighted by atomic mass is 16.6. The van der Waals surface area contributed by atoms with E-state index in [1.165, 1.54) is 4.90 Å². The van der Waals surface area contributed by atoms with E-state index in [0.717, 1.165) is 16.7 Å². The number of carbonyl (C=O) groups excluding carboxylic acids is 1. The topological polar surface area (TPSA) is 66.5 Å². The van der Waals surface area contributed by atoms with Gasteiger partial charge in [-0.05, 0) is 62.2 Å². The normalized spacial score (nSPS) is 11.1.